The van der Waals surface area contributed by atoms with Gasteiger partial charge in [-0.25, -0.2) is 0 Å². The second kappa shape index (κ2) is 10.1. The van der Waals surface area contributed by atoms with E-state index in [4.69, 9.17) is 11.6 Å². The van der Waals surface area contributed by atoms with Gasteiger partial charge in [0, 0.05) is 73.4 Å². The number of hydrogen-bond acceptors (Lipinski definition) is 2. The van der Waals surface area contributed by atoms with Gasteiger partial charge in [0.1, 0.15) is 0 Å². The maximum absolute atomic E-state index is 13.5. The molecule has 1 amide bonds. The number of halogens is 4. The van der Waals surface area contributed by atoms with E-state index in [2.05, 4.69) is 22.9 Å². The number of aromatic nitrogens is 1. The van der Waals surface area contributed by atoms with E-state index in [0.29, 0.717) is 36.9 Å². The molecule has 1 aromatic heterocycles. The average Bonchev–Trinajstić information content (AvgIpc) is 3.23. The summed E-state index contributed by atoms with van der Waals surface area (Å²) in [4.78, 5) is 17.2. The number of amides is 1. The van der Waals surface area contributed by atoms with Crippen LogP contribution in [-0.2, 0) is 18.0 Å². The Kier molecular flexibility index (Phi) is 6.90. The highest BCUT2D eigenvalue weighted by atomic mass is 35.5. The van der Waals surface area contributed by atoms with Gasteiger partial charge in [-0.15, -0.1) is 0 Å². The van der Waals surface area contributed by atoms with E-state index in [1.165, 1.54) is 12.1 Å². The maximum Gasteiger partial charge on any atom is 0.416 e. The second-order valence-electron chi connectivity index (χ2n) is 9.44. The van der Waals surface area contributed by atoms with Crippen LogP contribution in [0.3, 0.4) is 0 Å². The number of rotatable bonds is 5. The van der Waals surface area contributed by atoms with E-state index in [-0.39, 0.29) is 18.2 Å². The van der Waals surface area contributed by atoms with E-state index < -0.39 is 11.7 Å². The Labute approximate surface area is 218 Å². The molecule has 192 valence electrons. The van der Waals surface area contributed by atoms with E-state index >= 15 is 0 Å². The lowest BCUT2D eigenvalue weighted by Gasteiger charge is -2.37. The normalized spacial score (nSPS) is 15.3. The topological polar surface area (TPSA) is 28.5 Å². The molecule has 1 atom stereocenters. The minimum absolute atomic E-state index is 0.0154. The van der Waals surface area contributed by atoms with Crippen molar-refractivity contribution >= 4 is 34.1 Å². The van der Waals surface area contributed by atoms with Gasteiger partial charge >= 0.3 is 6.18 Å². The van der Waals surface area contributed by atoms with Crippen LogP contribution in [0, 0.1) is 0 Å². The number of para-hydroxylation sites is 1. The summed E-state index contributed by atoms with van der Waals surface area (Å²) in [7, 11) is 2.00. The number of piperazine rings is 1. The summed E-state index contributed by atoms with van der Waals surface area (Å²) >= 11 is 6.32. The van der Waals surface area contributed by atoms with Gasteiger partial charge in [-0.3, -0.25) is 4.79 Å². The zero-order valence-electron chi connectivity index (χ0n) is 20.4. The van der Waals surface area contributed by atoms with Crippen molar-refractivity contribution < 1.29 is 18.0 Å². The lowest BCUT2D eigenvalue weighted by Crippen LogP contribution is -2.49. The third-order valence-electron chi connectivity index (χ3n) is 7.10. The molecular formula is C29H27ClF3N3O. The van der Waals surface area contributed by atoms with Crippen LogP contribution in [0.2, 0.25) is 5.02 Å². The summed E-state index contributed by atoms with van der Waals surface area (Å²) < 4.78 is 41.5. The third-order valence-corrected chi connectivity index (χ3v) is 7.34. The number of hydrogen-bond donors (Lipinski definition) is 0. The van der Waals surface area contributed by atoms with E-state index in [1.54, 1.807) is 6.07 Å². The SMILES string of the molecule is Cn1cc(C(CC(=O)N2CCN(c3cccc(C(F)(F)F)c3)CC2)c2cccc(Cl)c2)c2ccccc21. The van der Waals surface area contributed by atoms with Gasteiger partial charge in [-0.2, -0.15) is 13.2 Å². The Morgan fingerprint density at radius 3 is 2.41 bits per heavy atom. The van der Waals surface area contributed by atoms with Gasteiger partial charge in [0.05, 0.1) is 5.56 Å². The van der Waals surface area contributed by atoms with Crippen LogP contribution in [0.15, 0.2) is 79.0 Å². The van der Waals surface area contributed by atoms with Crippen LogP contribution in [0.5, 0.6) is 0 Å². The van der Waals surface area contributed by atoms with Crippen molar-refractivity contribution in [2.45, 2.75) is 18.5 Å². The standard InChI is InChI=1S/C29H27ClF3N3O/c1-34-19-26(24-10-2-3-11-27(24)34)25(20-6-4-8-22(30)16-20)18-28(37)36-14-12-35(13-15-36)23-9-5-7-21(17-23)29(31,32)33/h2-11,16-17,19,25H,12-15,18H2,1H3. The minimum atomic E-state index is -4.38. The molecule has 5 rings (SSSR count). The van der Waals surface area contributed by atoms with Crippen LogP contribution < -0.4 is 4.90 Å². The van der Waals surface area contributed by atoms with Gasteiger partial charge in [-0.05, 0) is 47.5 Å². The smallest absolute Gasteiger partial charge is 0.368 e. The Bertz CT molecular complexity index is 1420. The first kappa shape index (κ1) is 25.2. The summed E-state index contributed by atoms with van der Waals surface area (Å²) in [6, 6.07) is 21.1. The van der Waals surface area contributed by atoms with Gasteiger partial charge in [0.2, 0.25) is 5.91 Å². The molecule has 0 saturated carbocycles. The predicted molar refractivity (Wildman–Crippen MR) is 141 cm³/mol. The zero-order valence-corrected chi connectivity index (χ0v) is 21.1. The van der Waals surface area contributed by atoms with Crippen LogP contribution >= 0.6 is 11.6 Å². The van der Waals surface area contributed by atoms with Crippen molar-refractivity contribution in [3.8, 4) is 0 Å². The molecule has 0 aliphatic carbocycles. The fourth-order valence-corrected chi connectivity index (χ4v) is 5.38. The monoisotopic (exact) mass is 525 g/mol. The van der Waals surface area contributed by atoms with Crippen molar-refractivity contribution in [1.82, 2.24) is 9.47 Å². The molecule has 2 heterocycles. The third kappa shape index (κ3) is 5.32. The lowest BCUT2D eigenvalue weighted by atomic mass is 9.87. The molecule has 0 radical (unpaired) electrons. The lowest BCUT2D eigenvalue weighted by molar-refractivity contribution is -0.137. The Morgan fingerprint density at radius 1 is 0.946 bits per heavy atom. The number of aryl methyl sites for hydroxylation is 1. The fraction of sp³-hybridized carbons (Fsp3) is 0.276. The molecule has 1 unspecified atom stereocenters. The largest absolute Gasteiger partial charge is 0.416 e. The highest BCUT2D eigenvalue weighted by molar-refractivity contribution is 6.30. The second-order valence-corrected chi connectivity index (χ2v) is 9.88. The molecule has 8 heteroatoms. The zero-order chi connectivity index (χ0) is 26.2. The molecule has 0 N–H and O–H groups in total. The Balaban J connectivity index is 1.35. The number of alkyl halides is 3. The fourth-order valence-electron chi connectivity index (χ4n) is 5.18. The first-order chi connectivity index (χ1) is 17.7. The highest BCUT2D eigenvalue weighted by Crippen LogP contribution is 2.36. The maximum atomic E-state index is 13.5. The summed E-state index contributed by atoms with van der Waals surface area (Å²) in [6.45, 7) is 1.85. The van der Waals surface area contributed by atoms with E-state index in [9.17, 15) is 18.0 Å². The van der Waals surface area contributed by atoms with Crippen LogP contribution in [-0.4, -0.2) is 41.6 Å². The van der Waals surface area contributed by atoms with Crippen molar-refractivity contribution in [3.63, 3.8) is 0 Å². The quantitative estimate of drug-likeness (QED) is 0.289. The molecule has 0 bridgehead atoms. The van der Waals surface area contributed by atoms with Gasteiger partial charge in [0.25, 0.3) is 0 Å². The van der Waals surface area contributed by atoms with Crippen molar-refractivity contribution in [2.24, 2.45) is 7.05 Å². The molecule has 4 aromatic rings. The van der Waals surface area contributed by atoms with Crippen LogP contribution in [0.1, 0.15) is 29.0 Å². The summed E-state index contributed by atoms with van der Waals surface area (Å²) in [6.07, 6.45) is -2.03. The van der Waals surface area contributed by atoms with E-state index in [1.807, 2.05) is 53.2 Å². The molecule has 1 aliphatic rings. The number of benzene rings is 3. The first-order valence-corrected chi connectivity index (χ1v) is 12.6. The molecule has 1 aliphatic heterocycles. The number of nitrogens with zero attached hydrogens (tertiary/aromatic N) is 3. The number of carbonyl (C=O) groups excluding carboxylic acids is 1. The first-order valence-electron chi connectivity index (χ1n) is 12.2. The number of fused-ring (bicyclic) bond motifs is 1. The highest BCUT2D eigenvalue weighted by Gasteiger charge is 2.32. The molecule has 0 spiro atoms. The Morgan fingerprint density at radius 2 is 1.68 bits per heavy atom. The van der Waals surface area contributed by atoms with Gasteiger partial charge in [-0.1, -0.05) is 48.0 Å². The average molecular weight is 526 g/mol. The Hall–Kier alpha value is -3.45. The number of anilines is 1. The summed E-state index contributed by atoms with van der Waals surface area (Å²) in [5, 5.41) is 1.71. The van der Waals surface area contributed by atoms with Crippen molar-refractivity contribution in [1.29, 1.82) is 0 Å². The molecule has 1 fully saturated rings. The van der Waals surface area contributed by atoms with Crippen LogP contribution in [0.4, 0.5) is 18.9 Å². The molecule has 4 nitrogen and oxygen atoms in total. The van der Waals surface area contributed by atoms with Gasteiger partial charge in [0.15, 0.2) is 0 Å². The molecular weight excluding hydrogens is 499 g/mol. The molecule has 37 heavy (non-hydrogen) atoms. The van der Waals surface area contributed by atoms with Crippen LogP contribution in [0.25, 0.3) is 10.9 Å². The predicted octanol–water partition coefficient (Wildman–Crippen LogP) is 6.72. The minimum Gasteiger partial charge on any atom is -0.368 e. The van der Waals surface area contributed by atoms with Crippen molar-refractivity contribution in [2.75, 3.05) is 31.1 Å². The summed E-state index contributed by atoms with van der Waals surface area (Å²) in [5.41, 5.74) is 2.99. The van der Waals surface area contributed by atoms with E-state index in [0.717, 1.165) is 28.1 Å². The van der Waals surface area contributed by atoms with Crippen molar-refractivity contribution in [3.05, 3.63) is 101 Å². The van der Waals surface area contributed by atoms with Gasteiger partial charge < -0.3 is 14.4 Å². The summed E-state index contributed by atoms with van der Waals surface area (Å²) in [5.74, 6) is -0.166. The molecule has 3 aromatic carbocycles. The number of carbonyl (C=O) groups is 1. The molecule has 1 saturated heterocycles.